The van der Waals surface area contributed by atoms with Crippen molar-refractivity contribution in [2.24, 2.45) is 5.92 Å². The quantitative estimate of drug-likeness (QED) is 0.583. The molecule has 90 valence electrons. The molecule has 16 heavy (non-hydrogen) atoms. The van der Waals surface area contributed by atoms with Crippen molar-refractivity contribution < 1.29 is 14.7 Å². The van der Waals surface area contributed by atoms with Gasteiger partial charge in [-0.3, -0.25) is 9.59 Å². The zero-order valence-electron chi connectivity index (χ0n) is 9.22. The molecule has 0 aromatic carbocycles. The number of amides is 1. The SMILES string of the molecule is C=CCSCC(=O)N1CCC(C(=O)O)CC1. The third-order valence-electron chi connectivity index (χ3n) is 2.66. The van der Waals surface area contributed by atoms with E-state index in [2.05, 4.69) is 6.58 Å². The highest BCUT2D eigenvalue weighted by molar-refractivity contribution is 8.00. The van der Waals surface area contributed by atoms with Crippen LogP contribution in [0.5, 0.6) is 0 Å². The predicted octanol–water partition coefficient (Wildman–Crippen LogP) is 1.23. The van der Waals surface area contributed by atoms with Crippen molar-refractivity contribution in [2.45, 2.75) is 12.8 Å². The number of thioether (sulfide) groups is 1. The van der Waals surface area contributed by atoms with E-state index in [1.165, 1.54) is 11.8 Å². The number of likely N-dealkylation sites (tertiary alicyclic amines) is 1. The zero-order valence-corrected chi connectivity index (χ0v) is 10.0. The van der Waals surface area contributed by atoms with Gasteiger partial charge < -0.3 is 10.0 Å². The van der Waals surface area contributed by atoms with Crippen LogP contribution in [0.2, 0.25) is 0 Å². The highest BCUT2D eigenvalue weighted by Crippen LogP contribution is 2.18. The number of rotatable bonds is 5. The molecular formula is C11H17NO3S. The van der Waals surface area contributed by atoms with Crippen molar-refractivity contribution in [2.75, 3.05) is 24.6 Å². The Morgan fingerprint density at radius 3 is 2.56 bits per heavy atom. The van der Waals surface area contributed by atoms with Crippen LogP contribution in [0.15, 0.2) is 12.7 Å². The van der Waals surface area contributed by atoms with E-state index in [0.29, 0.717) is 31.7 Å². The van der Waals surface area contributed by atoms with Gasteiger partial charge in [0.25, 0.3) is 0 Å². The van der Waals surface area contributed by atoms with Crippen LogP contribution in [0.1, 0.15) is 12.8 Å². The second-order valence-corrected chi connectivity index (χ2v) is 4.83. The van der Waals surface area contributed by atoms with E-state index in [1.807, 2.05) is 0 Å². The minimum atomic E-state index is -0.742. The van der Waals surface area contributed by atoms with Gasteiger partial charge in [-0.1, -0.05) is 6.08 Å². The molecule has 1 saturated heterocycles. The maximum absolute atomic E-state index is 11.7. The highest BCUT2D eigenvalue weighted by Gasteiger charge is 2.26. The van der Waals surface area contributed by atoms with Gasteiger partial charge in [-0.05, 0) is 12.8 Å². The fraction of sp³-hybridized carbons (Fsp3) is 0.636. The van der Waals surface area contributed by atoms with E-state index >= 15 is 0 Å². The van der Waals surface area contributed by atoms with Crippen LogP contribution in [0.25, 0.3) is 0 Å². The third-order valence-corrected chi connectivity index (χ3v) is 3.58. The van der Waals surface area contributed by atoms with Gasteiger partial charge in [-0.2, -0.15) is 0 Å². The van der Waals surface area contributed by atoms with Crippen LogP contribution >= 0.6 is 11.8 Å². The molecule has 1 fully saturated rings. The van der Waals surface area contributed by atoms with Gasteiger partial charge >= 0.3 is 5.97 Å². The first kappa shape index (κ1) is 13.1. The lowest BCUT2D eigenvalue weighted by Gasteiger charge is -2.30. The van der Waals surface area contributed by atoms with Gasteiger partial charge in [-0.25, -0.2) is 0 Å². The molecule has 1 aliphatic rings. The number of hydrogen-bond acceptors (Lipinski definition) is 3. The molecule has 0 aromatic heterocycles. The van der Waals surface area contributed by atoms with E-state index in [0.717, 1.165) is 5.75 Å². The van der Waals surface area contributed by atoms with Crippen LogP contribution in [-0.2, 0) is 9.59 Å². The molecule has 0 unspecified atom stereocenters. The summed E-state index contributed by atoms with van der Waals surface area (Å²) in [5.74, 6) is 0.329. The molecule has 1 heterocycles. The Morgan fingerprint density at radius 1 is 1.44 bits per heavy atom. The van der Waals surface area contributed by atoms with E-state index in [1.54, 1.807) is 11.0 Å². The lowest BCUT2D eigenvalue weighted by Crippen LogP contribution is -2.41. The largest absolute Gasteiger partial charge is 0.481 e. The maximum Gasteiger partial charge on any atom is 0.306 e. The summed E-state index contributed by atoms with van der Waals surface area (Å²) in [7, 11) is 0. The lowest BCUT2D eigenvalue weighted by atomic mass is 9.97. The smallest absolute Gasteiger partial charge is 0.306 e. The summed E-state index contributed by atoms with van der Waals surface area (Å²) in [5.41, 5.74) is 0. The van der Waals surface area contributed by atoms with E-state index in [9.17, 15) is 9.59 Å². The summed E-state index contributed by atoms with van der Waals surface area (Å²) >= 11 is 1.54. The second-order valence-electron chi connectivity index (χ2n) is 3.80. The predicted molar refractivity (Wildman–Crippen MR) is 64.5 cm³/mol. The molecule has 5 heteroatoms. The van der Waals surface area contributed by atoms with Crippen molar-refractivity contribution >= 4 is 23.6 Å². The van der Waals surface area contributed by atoms with Crippen LogP contribution in [0.3, 0.4) is 0 Å². The summed E-state index contributed by atoms with van der Waals surface area (Å²) in [4.78, 5) is 24.2. The molecule has 0 aromatic rings. The van der Waals surface area contributed by atoms with Crippen molar-refractivity contribution in [1.82, 2.24) is 4.90 Å². The van der Waals surface area contributed by atoms with Crippen LogP contribution in [0.4, 0.5) is 0 Å². The van der Waals surface area contributed by atoms with Crippen LogP contribution < -0.4 is 0 Å². The third kappa shape index (κ3) is 3.89. The van der Waals surface area contributed by atoms with E-state index < -0.39 is 5.97 Å². The number of carbonyl (C=O) groups excluding carboxylic acids is 1. The summed E-state index contributed by atoms with van der Waals surface area (Å²) in [6.07, 6.45) is 2.93. The first-order valence-electron chi connectivity index (χ1n) is 5.34. The minimum absolute atomic E-state index is 0.107. The Bertz CT molecular complexity index is 272. The van der Waals surface area contributed by atoms with Crippen LogP contribution in [0, 0.1) is 5.92 Å². The first-order chi connectivity index (χ1) is 7.65. The minimum Gasteiger partial charge on any atom is -0.481 e. The molecule has 0 atom stereocenters. The fourth-order valence-corrected chi connectivity index (χ4v) is 2.34. The molecular weight excluding hydrogens is 226 g/mol. The van der Waals surface area contributed by atoms with Crippen LogP contribution in [-0.4, -0.2) is 46.5 Å². The zero-order chi connectivity index (χ0) is 12.0. The van der Waals surface area contributed by atoms with Gasteiger partial charge in [0.1, 0.15) is 0 Å². The van der Waals surface area contributed by atoms with Gasteiger partial charge in [0, 0.05) is 18.8 Å². The molecule has 1 aliphatic heterocycles. The Balaban J connectivity index is 2.27. The van der Waals surface area contributed by atoms with E-state index in [4.69, 9.17) is 5.11 Å². The number of nitrogens with zero attached hydrogens (tertiary/aromatic N) is 1. The van der Waals surface area contributed by atoms with Gasteiger partial charge in [-0.15, -0.1) is 18.3 Å². The van der Waals surface area contributed by atoms with Crippen molar-refractivity contribution in [3.63, 3.8) is 0 Å². The molecule has 0 bridgehead atoms. The van der Waals surface area contributed by atoms with Gasteiger partial charge in [0.2, 0.25) is 5.91 Å². The summed E-state index contributed by atoms with van der Waals surface area (Å²) in [6, 6.07) is 0. The van der Waals surface area contributed by atoms with Crippen molar-refractivity contribution in [3.8, 4) is 0 Å². The molecule has 1 amide bonds. The first-order valence-corrected chi connectivity index (χ1v) is 6.50. The van der Waals surface area contributed by atoms with Gasteiger partial charge in [0.15, 0.2) is 0 Å². The number of carboxylic acids is 1. The molecule has 0 spiro atoms. The number of carboxylic acid groups (broad SMARTS) is 1. The molecule has 0 aliphatic carbocycles. The number of carbonyl (C=O) groups is 2. The maximum atomic E-state index is 11.7. The molecule has 1 rings (SSSR count). The Hall–Kier alpha value is -0.970. The number of piperidine rings is 1. The summed E-state index contributed by atoms with van der Waals surface area (Å²) in [6.45, 7) is 4.74. The van der Waals surface area contributed by atoms with Gasteiger partial charge in [0.05, 0.1) is 11.7 Å². The lowest BCUT2D eigenvalue weighted by molar-refractivity contribution is -0.145. The highest BCUT2D eigenvalue weighted by atomic mass is 32.2. The Labute approximate surface area is 99.7 Å². The monoisotopic (exact) mass is 243 g/mol. The summed E-state index contributed by atoms with van der Waals surface area (Å²) < 4.78 is 0. The average molecular weight is 243 g/mol. The Kier molecular flexibility index (Phi) is 5.38. The molecule has 4 nitrogen and oxygen atoms in total. The molecule has 1 N–H and O–H groups in total. The Morgan fingerprint density at radius 2 is 2.06 bits per heavy atom. The average Bonchev–Trinajstić information content (AvgIpc) is 2.29. The standard InChI is InChI=1S/C11H17NO3S/c1-2-7-16-8-10(13)12-5-3-9(4-6-12)11(14)15/h2,9H,1,3-8H2,(H,14,15). The molecule has 0 saturated carbocycles. The molecule has 0 radical (unpaired) electrons. The van der Waals surface area contributed by atoms with Crippen molar-refractivity contribution in [3.05, 3.63) is 12.7 Å². The number of aliphatic carboxylic acids is 1. The number of hydrogen-bond donors (Lipinski definition) is 1. The van der Waals surface area contributed by atoms with Crippen molar-refractivity contribution in [1.29, 1.82) is 0 Å². The second kappa shape index (κ2) is 6.58. The fourth-order valence-electron chi connectivity index (χ4n) is 1.70. The summed E-state index contributed by atoms with van der Waals surface area (Å²) in [5, 5.41) is 8.82. The topological polar surface area (TPSA) is 57.6 Å². The normalized spacial score (nSPS) is 17.1. The van der Waals surface area contributed by atoms with E-state index in [-0.39, 0.29) is 11.8 Å².